The SMILES string of the molecule is CCC(NC(=O)c1cccc(OC)c1O)c1cccs1. The summed E-state index contributed by atoms with van der Waals surface area (Å²) in [5.74, 6) is -0.142. The van der Waals surface area contributed by atoms with Gasteiger partial charge in [-0.25, -0.2) is 0 Å². The topological polar surface area (TPSA) is 58.6 Å². The summed E-state index contributed by atoms with van der Waals surface area (Å²) >= 11 is 1.60. The van der Waals surface area contributed by atoms with Gasteiger partial charge in [0.05, 0.1) is 18.7 Å². The summed E-state index contributed by atoms with van der Waals surface area (Å²) in [4.78, 5) is 13.4. The lowest BCUT2D eigenvalue weighted by Crippen LogP contribution is -2.27. The molecule has 0 bridgehead atoms. The highest BCUT2D eigenvalue weighted by molar-refractivity contribution is 7.10. The lowest BCUT2D eigenvalue weighted by molar-refractivity contribution is 0.0933. The van der Waals surface area contributed by atoms with Gasteiger partial charge in [0.25, 0.3) is 5.91 Å². The van der Waals surface area contributed by atoms with Crippen molar-refractivity contribution in [2.45, 2.75) is 19.4 Å². The minimum Gasteiger partial charge on any atom is -0.504 e. The van der Waals surface area contributed by atoms with E-state index in [2.05, 4.69) is 5.32 Å². The number of hydrogen-bond acceptors (Lipinski definition) is 4. The van der Waals surface area contributed by atoms with E-state index in [4.69, 9.17) is 4.74 Å². The molecule has 0 saturated heterocycles. The third-order valence-corrected chi connectivity index (χ3v) is 4.05. The minimum absolute atomic E-state index is 0.0481. The summed E-state index contributed by atoms with van der Waals surface area (Å²) in [5, 5.41) is 14.9. The van der Waals surface area contributed by atoms with Gasteiger partial charge in [-0.05, 0) is 30.0 Å². The summed E-state index contributed by atoms with van der Waals surface area (Å²) in [5.41, 5.74) is 0.222. The number of rotatable bonds is 5. The smallest absolute Gasteiger partial charge is 0.255 e. The van der Waals surface area contributed by atoms with Crippen LogP contribution in [0.5, 0.6) is 11.5 Å². The van der Waals surface area contributed by atoms with E-state index in [0.29, 0.717) is 5.75 Å². The Morgan fingerprint density at radius 2 is 2.20 bits per heavy atom. The number of hydrogen-bond donors (Lipinski definition) is 2. The van der Waals surface area contributed by atoms with E-state index in [1.54, 1.807) is 29.5 Å². The molecule has 5 heteroatoms. The predicted molar refractivity (Wildman–Crippen MR) is 79.5 cm³/mol. The zero-order valence-electron chi connectivity index (χ0n) is 11.4. The first-order valence-corrected chi connectivity index (χ1v) is 7.25. The number of aromatic hydroxyl groups is 1. The van der Waals surface area contributed by atoms with Crippen molar-refractivity contribution < 1.29 is 14.6 Å². The van der Waals surface area contributed by atoms with Crippen molar-refractivity contribution in [2.24, 2.45) is 0 Å². The number of nitrogens with one attached hydrogen (secondary N) is 1. The van der Waals surface area contributed by atoms with Gasteiger partial charge in [0.1, 0.15) is 0 Å². The van der Waals surface area contributed by atoms with Crippen molar-refractivity contribution in [3.05, 3.63) is 46.2 Å². The quantitative estimate of drug-likeness (QED) is 0.888. The summed E-state index contributed by atoms with van der Waals surface area (Å²) in [6, 6.07) is 8.77. The van der Waals surface area contributed by atoms with Crippen LogP contribution >= 0.6 is 11.3 Å². The van der Waals surface area contributed by atoms with Crippen LogP contribution in [0.4, 0.5) is 0 Å². The highest BCUT2D eigenvalue weighted by Crippen LogP contribution is 2.30. The van der Waals surface area contributed by atoms with Crippen LogP contribution in [0.25, 0.3) is 0 Å². The molecule has 1 heterocycles. The minimum atomic E-state index is -0.304. The van der Waals surface area contributed by atoms with E-state index in [1.807, 2.05) is 24.4 Å². The number of amides is 1. The van der Waals surface area contributed by atoms with Crippen LogP contribution in [0.2, 0.25) is 0 Å². The van der Waals surface area contributed by atoms with Crippen LogP contribution in [0, 0.1) is 0 Å². The second kappa shape index (κ2) is 6.43. The molecule has 0 fully saturated rings. The highest BCUT2D eigenvalue weighted by atomic mass is 32.1. The van der Waals surface area contributed by atoms with E-state index >= 15 is 0 Å². The average Bonchev–Trinajstić information content (AvgIpc) is 2.98. The molecule has 20 heavy (non-hydrogen) atoms. The van der Waals surface area contributed by atoms with Crippen molar-refractivity contribution in [3.63, 3.8) is 0 Å². The summed E-state index contributed by atoms with van der Waals surface area (Å²) in [6.07, 6.45) is 0.789. The van der Waals surface area contributed by atoms with Gasteiger partial charge < -0.3 is 15.2 Å². The fraction of sp³-hybridized carbons (Fsp3) is 0.267. The fourth-order valence-electron chi connectivity index (χ4n) is 1.97. The molecule has 1 aromatic heterocycles. The van der Waals surface area contributed by atoms with Crippen molar-refractivity contribution in [1.82, 2.24) is 5.32 Å². The van der Waals surface area contributed by atoms with E-state index in [9.17, 15) is 9.90 Å². The van der Waals surface area contributed by atoms with E-state index in [-0.39, 0.29) is 23.3 Å². The summed E-state index contributed by atoms with van der Waals surface area (Å²) < 4.78 is 5.01. The molecule has 0 spiro atoms. The molecule has 1 aromatic carbocycles. The third-order valence-electron chi connectivity index (χ3n) is 3.06. The number of benzene rings is 1. The molecule has 0 aliphatic heterocycles. The number of thiophene rings is 1. The van der Waals surface area contributed by atoms with Crippen molar-refractivity contribution in [2.75, 3.05) is 7.11 Å². The first kappa shape index (κ1) is 14.4. The number of ether oxygens (including phenoxy) is 1. The predicted octanol–water partition coefficient (Wildman–Crippen LogP) is 3.34. The molecule has 1 unspecified atom stereocenters. The van der Waals surface area contributed by atoms with E-state index in [1.165, 1.54) is 7.11 Å². The Morgan fingerprint density at radius 1 is 1.40 bits per heavy atom. The lowest BCUT2D eigenvalue weighted by Gasteiger charge is -2.16. The molecular weight excluding hydrogens is 274 g/mol. The van der Waals surface area contributed by atoms with Gasteiger partial charge in [-0.1, -0.05) is 19.1 Å². The molecular formula is C15H17NO3S. The van der Waals surface area contributed by atoms with Crippen LogP contribution in [0.1, 0.15) is 34.6 Å². The maximum atomic E-state index is 12.3. The number of carbonyl (C=O) groups is 1. The zero-order valence-corrected chi connectivity index (χ0v) is 12.2. The molecule has 4 nitrogen and oxygen atoms in total. The summed E-state index contributed by atoms with van der Waals surface area (Å²) in [7, 11) is 1.46. The maximum absolute atomic E-state index is 12.3. The Balaban J connectivity index is 2.19. The second-order valence-electron chi connectivity index (χ2n) is 4.31. The van der Waals surface area contributed by atoms with Gasteiger partial charge in [0, 0.05) is 4.88 Å². The van der Waals surface area contributed by atoms with Crippen LogP contribution < -0.4 is 10.1 Å². The summed E-state index contributed by atoms with van der Waals surface area (Å²) in [6.45, 7) is 2.01. The van der Waals surface area contributed by atoms with Crippen LogP contribution in [-0.4, -0.2) is 18.1 Å². The molecule has 2 aromatic rings. The average molecular weight is 291 g/mol. The monoisotopic (exact) mass is 291 g/mol. The molecule has 106 valence electrons. The Kier molecular flexibility index (Phi) is 4.63. The third kappa shape index (κ3) is 2.93. The van der Waals surface area contributed by atoms with Gasteiger partial charge in [-0.2, -0.15) is 0 Å². The van der Waals surface area contributed by atoms with Crippen LogP contribution in [0.3, 0.4) is 0 Å². The Morgan fingerprint density at radius 3 is 2.80 bits per heavy atom. The van der Waals surface area contributed by atoms with E-state index in [0.717, 1.165) is 11.3 Å². The molecule has 2 rings (SSSR count). The molecule has 0 aliphatic carbocycles. The number of para-hydroxylation sites is 1. The number of phenols is 1. The van der Waals surface area contributed by atoms with Crippen LogP contribution in [0.15, 0.2) is 35.7 Å². The first-order chi connectivity index (χ1) is 9.67. The molecule has 0 aliphatic rings. The number of phenolic OH excluding ortho intramolecular Hbond substituents is 1. The zero-order chi connectivity index (χ0) is 14.5. The Labute approximate surface area is 122 Å². The standard InChI is InChI=1S/C15H17NO3S/c1-3-11(13-8-5-9-20-13)16-15(18)10-6-4-7-12(19-2)14(10)17/h4-9,11,17H,3H2,1-2H3,(H,16,18). The Hall–Kier alpha value is -2.01. The first-order valence-electron chi connectivity index (χ1n) is 6.37. The largest absolute Gasteiger partial charge is 0.504 e. The van der Waals surface area contributed by atoms with Gasteiger partial charge in [-0.3, -0.25) is 4.79 Å². The van der Waals surface area contributed by atoms with Crippen molar-refractivity contribution in [3.8, 4) is 11.5 Å². The van der Waals surface area contributed by atoms with Gasteiger partial charge in [0.2, 0.25) is 0 Å². The molecule has 0 radical (unpaired) electrons. The molecule has 2 N–H and O–H groups in total. The molecule has 1 amide bonds. The second-order valence-corrected chi connectivity index (χ2v) is 5.29. The number of carbonyl (C=O) groups excluding carboxylic acids is 1. The van der Waals surface area contributed by atoms with Crippen molar-refractivity contribution in [1.29, 1.82) is 0 Å². The normalized spacial score (nSPS) is 11.9. The van der Waals surface area contributed by atoms with Crippen molar-refractivity contribution >= 4 is 17.2 Å². The van der Waals surface area contributed by atoms with Crippen LogP contribution in [-0.2, 0) is 0 Å². The molecule has 1 atom stereocenters. The van der Waals surface area contributed by atoms with Gasteiger partial charge in [0.15, 0.2) is 11.5 Å². The van der Waals surface area contributed by atoms with Gasteiger partial charge >= 0.3 is 0 Å². The highest BCUT2D eigenvalue weighted by Gasteiger charge is 2.19. The lowest BCUT2D eigenvalue weighted by atomic mass is 10.1. The number of methoxy groups -OCH3 is 1. The van der Waals surface area contributed by atoms with Gasteiger partial charge in [-0.15, -0.1) is 11.3 Å². The van der Waals surface area contributed by atoms with E-state index < -0.39 is 0 Å². The Bertz CT molecular complexity index is 581. The molecule has 0 saturated carbocycles. The fourth-order valence-corrected chi connectivity index (χ4v) is 2.83. The maximum Gasteiger partial charge on any atom is 0.255 e.